The van der Waals surface area contributed by atoms with E-state index in [0.717, 1.165) is 34.4 Å². The van der Waals surface area contributed by atoms with E-state index in [-0.39, 0.29) is 18.4 Å². The molecule has 4 rings (SSSR count). The molecule has 0 atom stereocenters. The number of hydrogen-bond donors (Lipinski definition) is 1. The average molecular weight is 533 g/mol. The number of aryl methyl sites for hydroxylation is 2. The fourth-order valence-electron chi connectivity index (χ4n) is 3.82. The first-order valence-corrected chi connectivity index (χ1v) is 13.0. The minimum atomic E-state index is -0.265. The topological polar surface area (TPSA) is 67.9 Å². The van der Waals surface area contributed by atoms with Gasteiger partial charge in [0.15, 0.2) is 18.1 Å². The number of nitrogens with one attached hydrogen (secondary N) is 1. The second-order valence-electron chi connectivity index (χ2n) is 8.63. The van der Waals surface area contributed by atoms with E-state index in [4.69, 9.17) is 21.7 Å². The van der Waals surface area contributed by atoms with Crippen molar-refractivity contribution in [3.63, 3.8) is 0 Å². The number of thiocarbonyl (C=S) groups is 1. The van der Waals surface area contributed by atoms with Crippen molar-refractivity contribution in [2.24, 2.45) is 0 Å². The summed E-state index contributed by atoms with van der Waals surface area (Å²) in [4.78, 5) is 27.6. The van der Waals surface area contributed by atoms with Gasteiger partial charge < -0.3 is 14.8 Å². The smallest absolute Gasteiger partial charge is 0.266 e. The standard InChI is InChI=1S/C29H28N2O4S2/c1-19-9-10-20(2)23(15-19)30-27(32)18-35-24-12-11-22(16-25(24)34-3)17-26-28(33)31(29(36)37-26)14-13-21-7-5-4-6-8-21/h4-12,15-17H,13-14,18H2,1-3H3,(H,30,32)/b26-17-. The molecule has 0 aromatic heterocycles. The predicted octanol–water partition coefficient (Wildman–Crippen LogP) is 5.77. The van der Waals surface area contributed by atoms with Crippen LogP contribution in [0.15, 0.2) is 71.6 Å². The summed E-state index contributed by atoms with van der Waals surface area (Å²) >= 11 is 6.75. The molecule has 1 saturated heterocycles. The highest BCUT2D eigenvalue weighted by atomic mass is 32.2. The lowest BCUT2D eigenvalue weighted by molar-refractivity contribution is -0.122. The van der Waals surface area contributed by atoms with Crippen LogP contribution in [0.25, 0.3) is 6.08 Å². The fraction of sp³-hybridized carbons (Fsp3) is 0.207. The third-order valence-electron chi connectivity index (χ3n) is 5.85. The number of amides is 2. The van der Waals surface area contributed by atoms with Crippen LogP contribution in [0.1, 0.15) is 22.3 Å². The second-order valence-corrected chi connectivity index (χ2v) is 10.3. The first-order chi connectivity index (χ1) is 17.8. The van der Waals surface area contributed by atoms with Gasteiger partial charge in [0, 0.05) is 12.2 Å². The molecule has 2 amide bonds. The Kier molecular flexibility index (Phi) is 8.63. The number of rotatable bonds is 9. The van der Waals surface area contributed by atoms with Gasteiger partial charge in [-0.05, 0) is 66.8 Å². The van der Waals surface area contributed by atoms with Crippen molar-refractivity contribution >= 4 is 51.9 Å². The molecule has 1 aliphatic heterocycles. The molecule has 0 unspecified atom stereocenters. The maximum atomic E-state index is 13.0. The Labute approximate surface area is 226 Å². The van der Waals surface area contributed by atoms with Gasteiger partial charge in [0.2, 0.25) is 0 Å². The van der Waals surface area contributed by atoms with Crippen molar-refractivity contribution < 1.29 is 19.1 Å². The minimum Gasteiger partial charge on any atom is -0.493 e. The van der Waals surface area contributed by atoms with E-state index in [1.165, 1.54) is 18.9 Å². The number of benzene rings is 3. The lowest BCUT2D eigenvalue weighted by atomic mass is 10.1. The van der Waals surface area contributed by atoms with Crippen molar-refractivity contribution in [1.82, 2.24) is 4.90 Å². The zero-order chi connectivity index (χ0) is 26.4. The van der Waals surface area contributed by atoms with Gasteiger partial charge in [-0.2, -0.15) is 0 Å². The summed E-state index contributed by atoms with van der Waals surface area (Å²) in [5.74, 6) is 0.534. The van der Waals surface area contributed by atoms with Crippen LogP contribution < -0.4 is 14.8 Å². The number of ether oxygens (including phenoxy) is 2. The van der Waals surface area contributed by atoms with Gasteiger partial charge in [0.1, 0.15) is 4.32 Å². The molecule has 1 heterocycles. The second kappa shape index (κ2) is 12.1. The molecular formula is C29H28N2O4S2. The van der Waals surface area contributed by atoms with Gasteiger partial charge in [-0.25, -0.2) is 0 Å². The normalized spacial score (nSPS) is 14.2. The molecular weight excluding hydrogens is 504 g/mol. The van der Waals surface area contributed by atoms with E-state index in [0.29, 0.717) is 27.3 Å². The van der Waals surface area contributed by atoms with Crippen molar-refractivity contribution in [2.75, 3.05) is 25.6 Å². The number of carbonyl (C=O) groups is 2. The summed E-state index contributed by atoms with van der Waals surface area (Å²) in [6, 6.07) is 21.2. The van der Waals surface area contributed by atoms with Crippen LogP contribution in [-0.4, -0.2) is 41.3 Å². The highest BCUT2D eigenvalue weighted by Crippen LogP contribution is 2.35. The van der Waals surface area contributed by atoms with Gasteiger partial charge in [-0.15, -0.1) is 0 Å². The number of hydrogen-bond acceptors (Lipinski definition) is 6. The monoisotopic (exact) mass is 532 g/mol. The van der Waals surface area contributed by atoms with Crippen molar-refractivity contribution in [1.29, 1.82) is 0 Å². The van der Waals surface area contributed by atoms with Crippen LogP contribution in [0.2, 0.25) is 0 Å². The molecule has 0 bridgehead atoms. The van der Waals surface area contributed by atoms with Crippen LogP contribution in [0, 0.1) is 13.8 Å². The van der Waals surface area contributed by atoms with Crippen LogP contribution in [-0.2, 0) is 16.0 Å². The Hall–Kier alpha value is -3.62. The van der Waals surface area contributed by atoms with E-state index in [9.17, 15) is 9.59 Å². The van der Waals surface area contributed by atoms with Crippen LogP contribution in [0.4, 0.5) is 5.69 Å². The molecule has 1 N–H and O–H groups in total. The van der Waals surface area contributed by atoms with Crippen LogP contribution in [0.5, 0.6) is 11.5 Å². The Balaban J connectivity index is 1.39. The van der Waals surface area contributed by atoms with Gasteiger partial charge in [0.05, 0.1) is 12.0 Å². The minimum absolute atomic E-state index is 0.103. The summed E-state index contributed by atoms with van der Waals surface area (Å²) in [5, 5.41) is 2.88. The third kappa shape index (κ3) is 6.78. The van der Waals surface area contributed by atoms with Gasteiger partial charge in [-0.1, -0.05) is 72.5 Å². The maximum Gasteiger partial charge on any atom is 0.266 e. The number of thioether (sulfide) groups is 1. The Morgan fingerprint density at radius 1 is 1.05 bits per heavy atom. The molecule has 0 aliphatic carbocycles. The zero-order valence-corrected chi connectivity index (χ0v) is 22.6. The summed E-state index contributed by atoms with van der Waals surface area (Å²) in [6.45, 7) is 4.28. The summed E-state index contributed by atoms with van der Waals surface area (Å²) in [5.41, 5.74) is 4.73. The predicted molar refractivity (Wildman–Crippen MR) is 153 cm³/mol. The highest BCUT2D eigenvalue weighted by molar-refractivity contribution is 8.26. The molecule has 3 aromatic rings. The van der Waals surface area contributed by atoms with Crippen molar-refractivity contribution in [2.45, 2.75) is 20.3 Å². The van der Waals surface area contributed by atoms with Gasteiger partial charge in [-0.3, -0.25) is 14.5 Å². The lowest BCUT2D eigenvalue weighted by Gasteiger charge is -2.14. The summed E-state index contributed by atoms with van der Waals surface area (Å²) in [7, 11) is 1.53. The van der Waals surface area contributed by atoms with E-state index in [1.807, 2.05) is 68.4 Å². The third-order valence-corrected chi connectivity index (χ3v) is 7.23. The maximum absolute atomic E-state index is 13.0. The zero-order valence-electron chi connectivity index (χ0n) is 20.9. The number of nitrogens with zero attached hydrogens (tertiary/aromatic N) is 1. The van der Waals surface area contributed by atoms with E-state index in [1.54, 1.807) is 23.1 Å². The molecule has 0 radical (unpaired) electrons. The van der Waals surface area contributed by atoms with E-state index >= 15 is 0 Å². The van der Waals surface area contributed by atoms with E-state index < -0.39 is 0 Å². The first kappa shape index (κ1) is 26.4. The average Bonchev–Trinajstić information content (AvgIpc) is 3.16. The molecule has 1 aliphatic rings. The molecule has 37 heavy (non-hydrogen) atoms. The number of methoxy groups -OCH3 is 1. The Morgan fingerprint density at radius 3 is 2.59 bits per heavy atom. The fourth-order valence-corrected chi connectivity index (χ4v) is 5.13. The summed E-state index contributed by atoms with van der Waals surface area (Å²) in [6.07, 6.45) is 2.53. The largest absolute Gasteiger partial charge is 0.493 e. The molecule has 3 aromatic carbocycles. The molecule has 1 fully saturated rings. The Bertz CT molecular complexity index is 1360. The molecule has 0 saturated carbocycles. The summed E-state index contributed by atoms with van der Waals surface area (Å²) < 4.78 is 11.8. The molecule has 0 spiro atoms. The molecule has 190 valence electrons. The molecule has 8 heteroatoms. The highest BCUT2D eigenvalue weighted by Gasteiger charge is 2.31. The van der Waals surface area contributed by atoms with Crippen LogP contribution in [0.3, 0.4) is 0 Å². The van der Waals surface area contributed by atoms with Gasteiger partial charge in [0.25, 0.3) is 11.8 Å². The quantitative estimate of drug-likeness (QED) is 0.279. The van der Waals surface area contributed by atoms with E-state index in [2.05, 4.69) is 5.32 Å². The number of carbonyl (C=O) groups excluding carboxylic acids is 2. The van der Waals surface area contributed by atoms with Gasteiger partial charge >= 0.3 is 0 Å². The van der Waals surface area contributed by atoms with Crippen molar-refractivity contribution in [3.8, 4) is 11.5 Å². The lowest BCUT2D eigenvalue weighted by Crippen LogP contribution is -2.30. The Morgan fingerprint density at radius 2 is 1.84 bits per heavy atom. The molecule has 6 nitrogen and oxygen atoms in total. The van der Waals surface area contributed by atoms with Crippen LogP contribution >= 0.6 is 24.0 Å². The number of anilines is 1. The first-order valence-electron chi connectivity index (χ1n) is 11.8. The SMILES string of the molecule is COc1cc(/C=C2\SC(=S)N(CCc3ccccc3)C2=O)ccc1OCC(=O)Nc1cc(C)ccc1C. The van der Waals surface area contributed by atoms with Crippen molar-refractivity contribution in [3.05, 3.63) is 93.9 Å².